The molecule has 0 radical (unpaired) electrons. The predicted molar refractivity (Wildman–Crippen MR) is 165 cm³/mol. The monoisotopic (exact) mass is 509 g/mol. The number of benzene rings is 6. The Labute approximate surface area is 236 Å². The average Bonchev–Trinajstić information content (AvgIpc) is 3.65. The second kappa shape index (κ2) is 8.44. The SMILES string of the molecule is [2H]c1c([2H])c([2H])c2c(c1[2H])c1c([2H])c([2H])c([2H])c([2H])c1n2-c1ccc(-c2ccc(-c3cccc4c3sc3ccccc34)cc2)cc1. The van der Waals surface area contributed by atoms with Gasteiger partial charge in [-0.25, -0.2) is 0 Å². The summed E-state index contributed by atoms with van der Waals surface area (Å²) in [6, 6.07) is 27.6. The maximum atomic E-state index is 8.72. The van der Waals surface area contributed by atoms with E-state index in [0.29, 0.717) is 5.69 Å². The zero-order valence-electron chi connectivity index (χ0n) is 28.0. The Hall–Kier alpha value is -4.66. The molecule has 0 amide bonds. The Morgan fingerprint density at radius 1 is 0.500 bits per heavy atom. The van der Waals surface area contributed by atoms with E-state index in [1.165, 1.54) is 30.3 Å². The van der Waals surface area contributed by atoms with Gasteiger partial charge < -0.3 is 4.57 Å². The van der Waals surface area contributed by atoms with Gasteiger partial charge in [0.2, 0.25) is 0 Å². The van der Waals surface area contributed by atoms with Crippen LogP contribution in [0.1, 0.15) is 11.0 Å². The van der Waals surface area contributed by atoms with E-state index in [1.807, 2.05) is 24.3 Å². The van der Waals surface area contributed by atoms with Crippen molar-refractivity contribution in [3.8, 4) is 27.9 Å². The van der Waals surface area contributed by atoms with E-state index in [0.717, 1.165) is 16.7 Å². The number of fused-ring (bicyclic) bond motifs is 6. The van der Waals surface area contributed by atoms with Crippen LogP contribution in [-0.4, -0.2) is 4.57 Å². The first-order valence-electron chi connectivity index (χ1n) is 16.3. The maximum absolute atomic E-state index is 8.72. The van der Waals surface area contributed by atoms with Crippen LogP contribution < -0.4 is 0 Å². The molecule has 0 unspecified atom stereocenters. The first kappa shape index (κ1) is 14.9. The van der Waals surface area contributed by atoms with Crippen LogP contribution in [0.4, 0.5) is 0 Å². The van der Waals surface area contributed by atoms with Gasteiger partial charge in [0.25, 0.3) is 0 Å². The highest BCUT2D eigenvalue weighted by Gasteiger charge is 2.12. The third-order valence-corrected chi connectivity index (χ3v) is 8.31. The largest absolute Gasteiger partial charge is 0.309 e. The van der Waals surface area contributed by atoms with Crippen molar-refractivity contribution in [1.29, 1.82) is 0 Å². The van der Waals surface area contributed by atoms with E-state index in [9.17, 15) is 0 Å². The van der Waals surface area contributed by atoms with Crippen LogP contribution in [0, 0.1) is 0 Å². The minimum atomic E-state index is -0.452. The van der Waals surface area contributed by atoms with Crippen LogP contribution in [0.5, 0.6) is 0 Å². The molecule has 0 atom stereocenters. The van der Waals surface area contributed by atoms with E-state index in [1.54, 1.807) is 11.3 Å². The number of rotatable bonds is 3. The normalized spacial score (nSPS) is 14.6. The van der Waals surface area contributed by atoms with Crippen molar-refractivity contribution in [3.63, 3.8) is 0 Å². The van der Waals surface area contributed by atoms with Crippen LogP contribution in [0.3, 0.4) is 0 Å². The lowest BCUT2D eigenvalue weighted by atomic mass is 9.99. The van der Waals surface area contributed by atoms with E-state index >= 15 is 0 Å². The fourth-order valence-electron chi connectivity index (χ4n) is 5.30. The Morgan fingerprint density at radius 3 is 1.79 bits per heavy atom. The smallest absolute Gasteiger partial charge is 0.0645 e. The van der Waals surface area contributed by atoms with E-state index in [-0.39, 0.29) is 46.0 Å². The highest BCUT2D eigenvalue weighted by Crippen LogP contribution is 2.40. The second-order valence-corrected chi connectivity index (χ2v) is 10.2. The van der Waals surface area contributed by atoms with Crippen molar-refractivity contribution in [2.45, 2.75) is 0 Å². The molecule has 0 aliphatic carbocycles. The summed E-state index contributed by atoms with van der Waals surface area (Å²) >= 11 is 1.80. The van der Waals surface area contributed by atoms with Gasteiger partial charge in [0.15, 0.2) is 0 Å². The lowest BCUT2D eigenvalue weighted by Gasteiger charge is -2.10. The molecule has 1 nitrogen and oxygen atoms in total. The topological polar surface area (TPSA) is 4.93 Å². The van der Waals surface area contributed by atoms with Crippen molar-refractivity contribution < 1.29 is 11.0 Å². The Kier molecular flexibility index (Phi) is 3.32. The van der Waals surface area contributed by atoms with Crippen LogP contribution in [-0.2, 0) is 0 Å². The van der Waals surface area contributed by atoms with Crippen molar-refractivity contribution in [1.82, 2.24) is 4.57 Å². The lowest BCUT2D eigenvalue weighted by molar-refractivity contribution is 1.18. The van der Waals surface area contributed by atoms with Gasteiger partial charge in [-0.15, -0.1) is 11.3 Å². The van der Waals surface area contributed by atoms with E-state index in [2.05, 4.69) is 66.7 Å². The molecule has 0 fully saturated rings. The van der Waals surface area contributed by atoms with Crippen LogP contribution in [0.15, 0.2) is 139 Å². The number of aromatic nitrogens is 1. The fourth-order valence-corrected chi connectivity index (χ4v) is 6.54. The van der Waals surface area contributed by atoms with Crippen molar-refractivity contribution in [2.24, 2.45) is 0 Å². The Bertz CT molecular complexity index is 2470. The van der Waals surface area contributed by atoms with Gasteiger partial charge in [-0.2, -0.15) is 0 Å². The van der Waals surface area contributed by atoms with Gasteiger partial charge in [0, 0.05) is 36.6 Å². The molecule has 2 aromatic heterocycles. The predicted octanol–water partition coefficient (Wildman–Crippen LogP) is 10.5. The van der Waals surface area contributed by atoms with E-state index < -0.39 is 24.2 Å². The minimum absolute atomic E-state index is 0.0707. The van der Waals surface area contributed by atoms with Crippen molar-refractivity contribution in [2.75, 3.05) is 0 Å². The Balaban J connectivity index is 1.25. The van der Waals surface area contributed by atoms with Gasteiger partial charge in [-0.1, -0.05) is 109 Å². The van der Waals surface area contributed by atoms with Crippen LogP contribution in [0.2, 0.25) is 0 Å². The minimum Gasteiger partial charge on any atom is -0.309 e. The van der Waals surface area contributed by atoms with Gasteiger partial charge in [-0.05, 0) is 52.5 Å². The number of thiophene rings is 1. The standard InChI is InChI=1S/C36H23NS/c1-4-13-33-29(8-1)30-9-2-5-14-34(30)37(33)27-22-20-25(21-23-27)24-16-18-26(19-17-24)28-11-7-12-32-31-10-3-6-15-35(31)38-36(28)32/h1-23H/i1D,2D,4D,5D,8D,9D,13D,14D. The highest BCUT2D eigenvalue weighted by atomic mass is 32.1. The number of para-hydroxylation sites is 2. The van der Waals surface area contributed by atoms with Gasteiger partial charge in [-0.3, -0.25) is 0 Å². The van der Waals surface area contributed by atoms with Crippen molar-refractivity contribution in [3.05, 3.63) is 139 Å². The fraction of sp³-hybridized carbons (Fsp3) is 0. The second-order valence-electron chi connectivity index (χ2n) is 9.19. The Morgan fingerprint density at radius 2 is 1.08 bits per heavy atom. The number of hydrogen-bond donors (Lipinski definition) is 0. The maximum Gasteiger partial charge on any atom is 0.0645 e. The molecule has 2 heteroatoms. The summed E-state index contributed by atoms with van der Waals surface area (Å²) in [4.78, 5) is 0. The summed E-state index contributed by atoms with van der Waals surface area (Å²) in [7, 11) is 0. The molecular weight excluding hydrogens is 478 g/mol. The summed E-state index contributed by atoms with van der Waals surface area (Å²) < 4.78 is 71.8. The molecule has 0 aliphatic rings. The molecule has 0 saturated heterocycles. The molecular formula is C36H23NS. The molecule has 38 heavy (non-hydrogen) atoms. The van der Waals surface area contributed by atoms with Crippen LogP contribution in [0.25, 0.3) is 69.9 Å². The number of hydrogen-bond acceptors (Lipinski definition) is 1. The molecule has 178 valence electrons. The van der Waals surface area contributed by atoms with Crippen molar-refractivity contribution >= 4 is 53.3 Å². The zero-order valence-corrected chi connectivity index (χ0v) is 20.8. The molecule has 0 bridgehead atoms. The first-order valence-corrected chi connectivity index (χ1v) is 13.1. The quantitative estimate of drug-likeness (QED) is 0.223. The third kappa shape index (κ3) is 3.24. The molecule has 0 N–H and O–H groups in total. The summed E-state index contributed by atoms with van der Waals surface area (Å²) in [5.41, 5.74) is 4.96. The zero-order chi connectivity index (χ0) is 32.0. The first-order chi connectivity index (χ1) is 22.2. The summed E-state index contributed by atoms with van der Waals surface area (Å²) in [5.74, 6) is 0. The summed E-state index contributed by atoms with van der Waals surface area (Å²) in [6.07, 6.45) is 0. The molecule has 0 spiro atoms. The molecule has 2 heterocycles. The molecule has 8 aromatic rings. The molecule has 0 saturated carbocycles. The van der Waals surface area contributed by atoms with Gasteiger partial charge in [0.1, 0.15) is 0 Å². The van der Waals surface area contributed by atoms with Gasteiger partial charge >= 0.3 is 0 Å². The van der Waals surface area contributed by atoms with Crippen LogP contribution >= 0.6 is 11.3 Å². The highest BCUT2D eigenvalue weighted by molar-refractivity contribution is 7.26. The summed E-state index contributed by atoms with van der Waals surface area (Å²) in [6.45, 7) is 0. The average molecular weight is 510 g/mol. The van der Waals surface area contributed by atoms with E-state index in [4.69, 9.17) is 11.0 Å². The number of nitrogens with zero attached hydrogens (tertiary/aromatic N) is 1. The molecule has 8 rings (SSSR count). The molecule has 0 aliphatic heterocycles. The third-order valence-electron chi connectivity index (χ3n) is 7.09. The summed E-state index contributed by atoms with van der Waals surface area (Å²) in [5, 5.41) is 2.65. The lowest BCUT2D eigenvalue weighted by Crippen LogP contribution is -1.93. The van der Waals surface area contributed by atoms with Gasteiger partial charge in [0.05, 0.1) is 22.0 Å². The molecule has 6 aromatic carbocycles.